The highest BCUT2D eigenvalue weighted by molar-refractivity contribution is 9.11. The molecule has 0 atom stereocenters. The molecule has 0 aliphatic rings. The van der Waals surface area contributed by atoms with Crippen molar-refractivity contribution in [2.24, 2.45) is 5.10 Å². The van der Waals surface area contributed by atoms with Crippen molar-refractivity contribution in [2.75, 3.05) is 6.61 Å². The van der Waals surface area contributed by atoms with Crippen molar-refractivity contribution in [3.63, 3.8) is 0 Å². The first-order valence-electron chi connectivity index (χ1n) is 13.2. The lowest BCUT2D eigenvalue weighted by molar-refractivity contribution is 0.269. The molecule has 12 heteroatoms. The number of fused-ring (bicyclic) bond motifs is 2. The second-order valence-corrected chi connectivity index (χ2v) is 13.3. The van der Waals surface area contributed by atoms with Gasteiger partial charge in [0, 0.05) is 34.4 Å². The van der Waals surface area contributed by atoms with Crippen LogP contribution in [0.3, 0.4) is 0 Å². The third-order valence-electron chi connectivity index (χ3n) is 6.61. The van der Waals surface area contributed by atoms with Crippen molar-refractivity contribution in [3.05, 3.63) is 117 Å². The molecule has 0 radical (unpaired) electrons. The number of para-hydroxylation sites is 1. The van der Waals surface area contributed by atoms with E-state index in [0.717, 1.165) is 24.4 Å². The molecule has 0 saturated heterocycles. The number of benzene rings is 4. The number of nitrogens with zero attached hydrogens (tertiary/aromatic N) is 3. The Kier molecular flexibility index (Phi) is 9.30. The molecule has 4 aromatic carbocycles. The smallest absolute Gasteiger partial charge is 0.282 e. The lowest BCUT2D eigenvalue weighted by atomic mass is 10.2. The summed E-state index contributed by atoms with van der Waals surface area (Å²) in [6.45, 7) is 2.51. The van der Waals surface area contributed by atoms with Gasteiger partial charge in [0.05, 0.1) is 23.7 Å². The van der Waals surface area contributed by atoms with Gasteiger partial charge in [0.25, 0.3) is 5.56 Å². The first-order chi connectivity index (χ1) is 21.2. The molecule has 0 amide bonds. The number of rotatable bonds is 8. The van der Waals surface area contributed by atoms with Crippen molar-refractivity contribution in [1.29, 1.82) is 0 Å². The minimum absolute atomic E-state index is 0.253. The van der Waals surface area contributed by atoms with Gasteiger partial charge in [0.1, 0.15) is 17.2 Å². The zero-order valence-corrected chi connectivity index (χ0v) is 29.9. The zero-order chi connectivity index (χ0) is 31.0. The Morgan fingerprint density at radius 2 is 1.75 bits per heavy atom. The van der Waals surface area contributed by atoms with E-state index in [9.17, 15) is 4.79 Å². The summed E-state index contributed by atoms with van der Waals surface area (Å²) in [5, 5.41) is 6.17. The van der Waals surface area contributed by atoms with E-state index < -0.39 is 0 Å². The number of hydrogen-bond acceptors (Lipinski definition) is 6. The maximum atomic E-state index is 13.7. The number of furan rings is 1. The normalized spacial score (nSPS) is 11.6. The second kappa shape index (κ2) is 13.2. The van der Waals surface area contributed by atoms with E-state index >= 15 is 0 Å². The van der Waals surface area contributed by atoms with E-state index in [4.69, 9.17) is 30.5 Å². The minimum Gasteiger partial charge on any atom is -0.490 e. The first kappa shape index (κ1) is 31.0. The molecule has 6 aromatic rings. The van der Waals surface area contributed by atoms with Crippen molar-refractivity contribution < 1.29 is 13.9 Å². The van der Waals surface area contributed by atoms with Gasteiger partial charge in [0.2, 0.25) is 5.82 Å². The van der Waals surface area contributed by atoms with Crippen LogP contribution in [0.1, 0.15) is 18.1 Å². The van der Waals surface area contributed by atoms with Gasteiger partial charge in [0.15, 0.2) is 17.3 Å². The molecule has 6 rings (SSSR count). The lowest BCUT2D eigenvalue weighted by Crippen LogP contribution is -2.20. The van der Waals surface area contributed by atoms with Crippen LogP contribution in [0.5, 0.6) is 11.5 Å². The Hall–Kier alpha value is -2.96. The van der Waals surface area contributed by atoms with Crippen LogP contribution < -0.4 is 15.0 Å². The Morgan fingerprint density at radius 3 is 2.55 bits per heavy atom. The quantitative estimate of drug-likeness (QED) is 0.142. The van der Waals surface area contributed by atoms with Crippen LogP contribution >= 0.6 is 75.3 Å². The number of aromatic nitrogens is 2. The molecular formula is C32H20Br4ClN3O4. The van der Waals surface area contributed by atoms with Gasteiger partial charge < -0.3 is 13.9 Å². The Labute approximate surface area is 290 Å². The molecule has 0 fully saturated rings. The molecule has 7 nitrogen and oxygen atoms in total. The fourth-order valence-electron chi connectivity index (χ4n) is 4.52. The van der Waals surface area contributed by atoms with Crippen LogP contribution in [0.4, 0.5) is 0 Å². The average Bonchev–Trinajstić information content (AvgIpc) is 3.43. The number of hydrogen-bond donors (Lipinski definition) is 0. The highest BCUT2D eigenvalue weighted by atomic mass is 79.9. The topological polar surface area (TPSA) is 78.9 Å². The highest BCUT2D eigenvalue weighted by Crippen LogP contribution is 2.43. The van der Waals surface area contributed by atoms with Crippen LogP contribution in [-0.4, -0.2) is 22.5 Å². The Morgan fingerprint density at radius 1 is 0.977 bits per heavy atom. The van der Waals surface area contributed by atoms with E-state index in [1.165, 1.54) is 10.9 Å². The molecule has 2 aromatic heterocycles. The van der Waals surface area contributed by atoms with Gasteiger partial charge >= 0.3 is 0 Å². The number of halogens is 5. The van der Waals surface area contributed by atoms with Crippen LogP contribution in [0.15, 0.2) is 105 Å². The van der Waals surface area contributed by atoms with Crippen molar-refractivity contribution in [3.8, 4) is 23.1 Å². The van der Waals surface area contributed by atoms with E-state index in [-0.39, 0.29) is 18.0 Å². The van der Waals surface area contributed by atoms with Crippen LogP contribution in [0, 0.1) is 0 Å². The molecule has 0 bridgehead atoms. The molecule has 0 spiro atoms. The van der Waals surface area contributed by atoms with Gasteiger partial charge in [-0.3, -0.25) is 4.79 Å². The summed E-state index contributed by atoms with van der Waals surface area (Å²) < 4.78 is 22.7. The molecule has 0 saturated carbocycles. The monoisotopic (exact) mass is 861 g/mol. The fraction of sp³-hybridized carbons (Fsp3) is 0.0938. The third-order valence-corrected chi connectivity index (χ3v) is 9.78. The highest BCUT2D eigenvalue weighted by Gasteiger charge is 2.20. The van der Waals surface area contributed by atoms with E-state index in [0.29, 0.717) is 55.4 Å². The van der Waals surface area contributed by atoms with E-state index in [1.54, 1.807) is 24.3 Å². The predicted octanol–water partition coefficient (Wildman–Crippen LogP) is 10.4. The summed E-state index contributed by atoms with van der Waals surface area (Å²) in [6.07, 6.45) is 1.52. The molecule has 0 unspecified atom stereocenters. The minimum atomic E-state index is -0.351. The molecule has 2 heterocycles. The molecular weight excluding hydrogens is 845 g/mol. The number of ether oxygens (including phenoxy) is 2. The second-order valence-electron chi connectivity index (χ2n) is 9.49. The van der Waals surface area contributed by atoms with Gasteiger partial charge in [-0.15, -0.1) is 0 Å². The fourth-order valence-corrected chi connectivity index (χ4v) is 6.71. The average molecular weight is 866 g/mol. The summed E-state index contributed by atoms with van der Waals surface area (Å²) >= 11 is 20.9. The first-order valence-corrected chi connectivity index (χ1v) is 16.8. The SMILES string of the molecule is CCOc1cc(C=Nn2c(-c3cc4cc(Br)ccc4o3)nc3ccccc3c2=O)c(Br)c(Cl)c1OCc1ccc(Br)cc1Br. The lowest BCUT2D eigenvalue weighted by Gasteiger charge is -2.16. The maximum Gasteiger partial charge on any atom is 0.282 e. The summed E-state index contributed by atoms with van der Waals surface area (Å²) in [5.74, 6) is 1.46. The van der Waals surface area contributed by atoms with Gasteiger partial charge in [-0.25, -0.2) is 4.98 Å². The summed E-state index contributed by atoms with van der Waals surface area (Å²) in [7, 11) is 0. The molecule has 44 heavy (non-hydrogen) atoms. The summed E-state index contributed by atoms with van der Waals surface area (Å²) in [6, 6.07) is 22.2. The molecule has 0 aliphatic heterocycles. The summed E-state index contributed by atoms with van der Waals surface area (Å²) in [4.78, 5) is 18.5. The van der Waals surface area contributed by atoms with Crippen LogP contribution in [0.2, 0.25) is 5.02 Å². The molecule has 0 aliphatic carbocycles. The standard InChI is InChI=1S/C32H20Br4ClN3O4/c1-2-42-26-13-19(28(36)29(37)30(26)43-16-17-7-8-21(34)14-23(17)35)15-38-40-31(39-24-6-4-3-5-22(24)32(40)41)27-12-18-11-20(33)9-10-25(18)44-27/h3-15H,2,16H2,1H3. The zero-order valence-electron chi connectivity index (χ0n) is 22.8. The third kappa shape index (κ3) is 6.25. The van der Waals surface area contributed by atoms with Crippen LogP contribution in [-0.2, 0) is 6.61 Å². The van der Waals surface area contributed by atoms with Gasteiger partial charge in [-0.2, -0.15) is 9.78 Å². The largest absolute Gasteiger partial charge is 0.490 e. The maximum absolute atomic E-state index is 13.7. The molecule has 0 N–H and O–H groups in total. The van der Waals surface area contributed by atoms with Gasteiger partial charge in [-0.1, -0.05) is 77.6 Å². The Balaban J connectivity index is 1.43. The van der Waals surface area contributed by atoms with E-state index in [2.05, 4.69) is 68.8 Å². The van der Waals surface area contributed by atoms with E-state index in [1.807, 2.05) is 55.5 Å². The predicted molar refractivity (Wildman–Crippen MR) is 188 cm³/mol. The Bertz CT molecular complexity index is 2150. The van der Waals surface area contributed by atoms with Crippen molar-refractivity contribution in [1.82, 2.24) is 9.66 Å². The molecule has 222 valence electrons. The van der Waals surface area contributed by atoms with Crippen LogP contribution in [0.25, 0.3) is 33.5 Å². The van der Waals surface area contributed by atoms with Crippen molar-refractivity contribution in [2.45, 2.75) is 13.5 Å². The van der Waals surface area contributed by atoms with Crippen molar-refractivity contribution >= 4 is 103 Å². The van der Waals surface area contributed by atoms with Gasteiger partial charge in [-0.05, 0) is 77.5 Å². The summed E-state index contributed by atoms with van der Waals surface area (Å²) in [5.41, 5.74) is 2.33.